The van der Waals surface area contributed by atoms with E-state index in [-0.39, 0.29) is 17.6 Å². The number of alkyl halides is 3. The van der Waals surface area contributed by atoms with Crippen molar-refractivity contribution in [3.8, 4) is 5.75 Å². The van der Waals surface area contributed by atoms with Crippen molar-refractivity contribution >= 4 is 17.5 Å². The minimum atomic E-state index is -4.73. The van der Waals surface area contributed by atoms with Gasteiger partial charge in [-0.05, 0) is 19.1 Å². The average Bonchev–Trinajstić information content (AvgIpc) is 2.52. The Morgan fingerprint density at radius 1 is 1.20 bits per heavy atom. The van der Waals surface area contributed by atoms with Crippen molar-refractivity contribution in [3.63, 3.8) is 0 Å². The van der Waals surface area contributed by atoms with Gasteiger partial charge in [-0.3, -0.25) is 9.59 Å². The second-order valence-electron chi connectivity index (χ2n) is 5.78. The smallest absolute Gasteiger partial charge is 0.406 e. The standard InChI is InChI=1S/C16H20F3N3O3/c1-11(20-12(2)23)15(24)22-8-6-21(7-9-22)13-4-3-5-14(10-13)25-16(17,18)19/h3-5,10-11H,6-9H2,1-2H3,(H,20,23)/t11-/m1/s1. The number of rotatable bonds is 4. The van der Waals surface area contributed by atoms with Crippen molar-refractivity contribution in [3.05, 3.63) is 24.3 Å². The van der Waals surface area contributed by atoms with Crippen LogP contribution in [0.2, 0.25) is 0 Å². The van der Waals surface area contributed by atoms with E-state index >= 15 is 0 Å². The van der Waals surface area contributed by atoms with Gasteiger partial charge in [-0.15, -0.1) is 13.2 Å². The number of hydrogen-bond acceptors (Lipinski definition) is 4. The molecule has 1 aromatic carbocycles. The molecule has 1 saturated heterocycles. The summed E-state index contributed by atoms with van der Waals surface area (Å²) in [5, 5.41) is 2.55. The fraction of sp³-hybridized carbons (Fsp3) is 0.500. The number of nitrogens with zero attached hydrogens (tertiary/aromatic N) is 2. The maximum Gasteiger partial charge on any atom is 0.573 e. The molecule has 9 heteroatoms. The van der Waals surface area contributed by atoms with Crippen LogP contribution >= 0.6 is 0 Å². The predicted octanol–water partition coefficient (Wildman–Crippen LogP) is 1.76. The van der Waals surface area contributed by atoms with E-state index in [2.05, 4.69) is 10.1 Å². The highest BCUT2D eigenvalue weighted by Crippen LogP contribution is 2.27. The molecule has 1 N–H and O–H groups in total. The van der Waals surface area contributed by atoms with Crippen LogP contribution in [0.1, 0.15) is 13.8 Å². The molecule has 6 nitrogen and oxygen atoms in total. The fourth-order valence-corrected chi connectivity index (χ4v) is 2.70. The SMILES string of the molecule is CC(=O)N[C@H](C)C(=O)N1CCN(c2cccc(OC(F)(F)F)c2)CC1. The van der Waals surface area contributed by atoms with E-state index in [0.717, 1.165) is 0 Å². The number of halogens is 3. The van der Waals surface area contributed by atoms with Crippen LogP contribution in [0, 0.1) is 0 Å². The first-order chi connectivity index (χ1) is 11.7. The van der Waals surface area contributed by atoms with Gasteiger partial charge in [-0.25, -0.2) is 0 Å². The Balaban J connectivity index is 1.95. The summed E-state index contributed by atoms with van der Waals surface area (Å²) in [6, 6.07) is 5.15. The number of ether oxygens (including phenoxy) is 1. The Morgan fingerprint density at radius 2 is 1.84 bits per heavy atom. The Labute approximate surface area is 143 Å². The average molecular weight is 359 g/mol. The Hall–Kier alpha value is -2.45. The van der Waals surface area contributed by atoms with Crippen molar-refractivity contribution in [2.24, 2.45) is 0 Å². The molecule has 0 aromatic heterocycles. The number of piperazine rings is 1. The number of carbonyl (C=O) groups is 2. The lowest BCUT2D eigenvalue weighted by molar-refractivity contribution is -0.274. The van der Waals surface area contributed by atoms with Crippen LogP contribution in [0.5, 0.6) is 5.75 Å². The lowest BCUT2D eigenvalue weighted by atomic mass is 10.2. The van der Waals surface area contributed by atoms with Gasteiger partial charge in [0.1, 0.15) is 11.8 Å². The molecule has 0 bridgehead atoms. The van der Waals surface area contributed by atoms with E-state index in [0.29, 0.717) is 31.9 Å². The van der Waals surface area contributed by atoms with E-state index in [1.165, 1.54) is 25.1 Å². The van der Waals surface area contributed by atoms with Gasteiger partial charge in [0.15, 0.2) is 0 Å². The topological polar surface area (TPSA) is 61.9 Å². The van der Waals surface area contributed by atoms with Crippen LogP contribution < -0.4 is 15.0 Å². The van der Waals surface area contributed by atoms with Gasteiger partial charge in [-0.2, -0.15) is 0 Å². The van der Waals surface area contributed by atoms with Crippen LogP contribution in [-0.2, 0) is 9.59 Å². The summed E-state index contributed by atoms with van der Waals surface area (Å²) >= 11 is 0. The molecule has 0 radical (unpaired) electrons. The normalized spacial score (nSPS) is 16.4. The minimum Gasteiger partial charge on any atom is -0.406 e. The van der Waals surface area contributed by atoms with Crippen LogP contribution in [0.15, 0.2) is 24.3 Å². The van der Waals surface area contributed by atoms with E-state index in [4.69, 9.17) is 0 Å². The Kier molecular flexibility index (Phi) is 5.76. The molecule has 1 atom stereocenters. The van der Waals surface area contributed by atoms with Crippen molar-refractivity contribution < 1.29 is 27.5 Å². The van der Waals surface area contributed by atoms with Crippen molar-refractivity contribution in [2.75, 3.05) is 31.1 Å². The van der Waals surface area contributed by atoms with Crippen LogP contribution in [0.4, 0.5) is 18.9 Å². The first-order valence-corrected chi connectivity index (χ1v) is 7.82. The molecular formula is C16H20F3N3O3. The molecule has 2 amide bonds. The number of nitrogens with one attached hydrogen (secondary N) is 1. The zero-order valence-corrected chi connectivity index (χ0v) is 14.0. The highest BCUT2D eigenvalue weighted by molar-refractivity contribution is 5.86. The van der Waals surface area contributed by atoms with Crippen molar-refractivity contribution in [2.45, 2.75) is 26.3 Å². The largest absolute Gasteiger partial charge is 0.573 e. The van der Waals surface area contributed by atoms with Crippen LogP contribution in [-0.4, -0.2) is 55.3 Å². The molecule has 2 rings (SSSR count). The molecule has 25 heavy (non-hydrogen) atoms. The number of carbonyl (C=O) groups excluding carboxylic acids is 2. The molecule has 138 valence electrons. The fourth-order valence-electron chi connectivity index (χ4n) is 2.70. The Morgan fingerprint density at radius 3 is 2.40 bits per heavy atom. The molecule has 1 heterocycles. The van der Waals surface area contributed by atoms with Crippen LogP contribution in [0.25, 0.3) is 0 Å². The van der Waals surface area contributed by atoms with Crippen LogP contribution in [0.3, 0.4) is 0 Å². The van der Waals surface area contributed by atoms with E-state index < -0.39 is 12.4 Å². The summed E-state index contributed by atoms with van der Waals surface area (Å²) < 4.78 is 40.9. The van der Waals surface area contributed by atoms with Gasteiger partial charge in [0, 0.05) is 44.9 Å². The van der Waals surface area contributed by atoms with E-state index in [9.17, 15) is 22.8 Å². The first kappa shape index (κ1) is 18.9. The summed E-state index contributed by atoms with van der Waals surface area (Å²) in [5.41, 5.74) is 0.601. The quantitative estimate of drug-likeness (QED) is 0.890. The Bertz CT molecular complexity index is 629. The molecule has 1 aliphatic heterocycles. The lowest BCUT2D eigenvalue weighted by Crippen LogP contribution is -2.54. The molecule has 0 saturated carbocycles. The summed E-state index contributed by atoms with van der Waals surface area (Å²) in [5.74, 6) is -0.729. The van der Waals surface area contributed by atoms with Gasteiger partial charge >= 0.3 is 6.36 Å². The molecule has 0 unspecified atom stereocenters. The third-order valence-electron chi connectivity index (χ3n) is 3.80. The predicted molar refractivity (Wildman–Crippen MR) is 85.2 cm³/mol. The van der Waals surface area contributed by atoms with Gasteiger partial charge in [0.05, 0.1) is 0 Å². The lowest BCUT2D eigenvalue weighted by Gasteiger charge is -2.37. The second-order valence-corrected chi connectivity index (χ2v) is 5.78. The molecule has 1 fully saturated rings. The monoisotopic (exact) mass is 359 g/mol. The van der Waals surface area contributed by atoms with E-state index in [1.54, 1.807) is 17.9 Å². The number of hydrogen-bond donors (Lipinski definition) is 1. The number of amides is 2. The van der Waals surface area contributed by atoms with Crippen molar-refractivity contribution in [1.82, 2.24) is 10.2 Å². The minimum absolute atomic E-state index is 0.177. The first-order valence-electron chi connectivity index (χ1n) is 7.82. The molecular weight excluding hydrogens is 339 g/mol. The molecule has 1 aliphatic rings. The maximum absolute atomic E-state index is 12.3. The van der Waals surface area contributed by atoms with Gasteiger partial charge in [0.2, 0.25) is 11.8 Å². The van der Waals surface area contributed by atoms with Gasteiger partial charge in [-0.1, -0.05) is 6.07 Å². The summed E-state index contributed by atoms with van der Waals surface area (Å²) in [6.45, 7) is 4.77. The third-order valence-corrected chi connectivity index (χ3v) is 3.80. The maximum atomic E-state index is 12.3. The molecule has 0 aliphatic carbocycles. The van der Waals surface area contributed by atoms with Crippen molar-refractivity contribution in [1.29, 1.82) is 0 Å². The van der Waals surface area contributed by atoms with E-state index in [1.807, 2.05) is 4.90 Å². The highest BCUT2D eigenvalue weighted by Gasteiger charge is 2.31. The molecule has 1 aromatic rings. The van der Waals surface area contributed by atoms with Gasteiger partial charge in [0.25, 0.3) is 0 Å². The third kappa shape index (κ3) is 5.54. The number of anilines is 1. The number of benzene rings is 1. The second kappa shape index (κ2) is 7.62. The summed E-state index contributed by atoms with van der Waals surface area (Å²) in [4.78, 5) is 26.8. The summed E-state index contributed by atoms with van der Waals surface area (Å²) in [7, 11) is 0. The zero-order chi connectivity index (χ0) is 18.6. The summed E-state index contributed by atoms with van der Waals surface area (Å²) in [6.07, 6.45) is -4.73. The van der Waals surface area contributed by atoms with Gasteiger partial charge < -0.3 is 19.9 Å². The highest BCUT2D eigenvalue weighted by atomic mass is 19.4. The molecule has 0 spiro atoms. The zero-order valence-electron chi connectivity index (χ0n) is 14.0.